The minimum atomic E-state index is -0.690. The lowest BCUT2D eigenvalue weighted by Crippen LogP contribution is -2.36. The molecule has 0 heterocycles. The molecule has 8 heteroatoms. The lowest BCUT2D eigenvalue weighted by atomic mass is 9.94. The molecule has 0 aromatic heterocycles. The standard InChI is InChI=1S/C7H14O2.C6H15N5O/c1-4-5(2)6(3)7(8)9;7-4(5(8)12)2-1-3-11-6(9)10/h5-6H,4H2,1-3H3,(H,8,9);4H,1-3,7H2,(H2,8,12)(H4,9,10,11)/t;4-/m.0/s1. The van der Waals surface area contributed by atoms with Crippen LogP contribution in [0, 0.1) is 11.8 Å². The van der Waals surface area contributed by atoms with Crippen molar-refractivity contribution in [2.75, 3.05) is 6.54 Å². The predicted molar refractivity (Wildman–Crippen MR) is 83.3 cm³/mol. The molecule has 0 aliphatic heterocycles. The lowest BCUT2D eigenvalue weighted by molar-refractivity contribution is -0.142. The quantitative estimate of drug-likeness (QED) is 0.232. The van der Waals surface area contributed by atoms with Gasteiger partial charge in [-0.3, -0.25) is 14.6 Å². The SMILES string of the molecule is CCC(C)C(C)C(=O)O.NC(=O)[C@@H](N)CCCN=C(N)N. The summed E-state index contributed by atoms with van der Waals surface area (Å²) in [6.45, 7) is 6.18. The molecular weight excluding hydrogens is 274 g/mol. The van der Waals surface area contributed by atoms with Gasteiger partial charge in [0, 0.05) is 6.54 Å². The molecule has 0 aromatic carbocycles. The van der Waals surface area contributed by atoms with Gasteiger partial charge in [0.15, 0.2) is 5.96 Å². The largest absolute Gasteiger partial charge is 0.481 e. The minimum absolute atomic E-state index is 0.0441. The van der Waals surface area contributed by atoms with E-state index in [1.165, 1.54) is 0 Å². The van der Waals surface area contributed by atoms with Crippen molar-refractivity contribution in [3.05, 3.63) is 0 Å². The zero-order chi connectivity index (χ0) is 17.0. The predicted octanol–water partition coefficient (Wildman–Crippen LogP) is -0.394. The van der Waals surface area contributed by atoms with Crippen LogP contribution < -0.4 is 22.9 Å². The number of guanidine groups is 1. The summed E-state index contributed by atoms with van der Waals surface area (Å²) >= 11 is 0. The summed E-state index contributed by atoms with van der Waals surface area (Å²) in [6, 6.07) is -0.598. The number of hydrogen-bond donors (Lipinski definition) is 5. The van der Waals surface area contributed by atoms with Crippen molar-refractivity contribution in [1.29, 1.82) is 0 Å². The second kappa shape index (κ2) is 12.0. The molecule has 0 radical (unpaired) electrons. The van der Waals surface area contributed by atoms with Gasteiger partial charge in [0.2, 0.25) is 5.91 Å². The van der Waals surface area contributed by atoms with E-state index < -0.39 is 17.9 Å². The second-order valence-electron chi connectivity index (χ2n) is 4.97. The third-order valence-corrected chi connectivity index (χ3v) is 3.22. The van der Waals surface area contributed by atoms with Crippen LogP contribution in [0.15, 0.2) is 4.99 Å². The van der Waals surface area contributed by atoms with Crippen LogP contribution in [-0.4, -0.2) is 35.5 Å². The summed E-state index contributed by atoms with van der Waals surface area (Å²) in [7, 11) is 0. The van der Waals surface area contributed by atoms with Crippen LogP contribution in [0.3, 0.4) is 0 Å². The average molecular weight is 303 g/mol. The number of nitrogens with zero attached hydrogens (tertiary/aromatic N) is 1. The molecule has 21 heavy (non-hydrogen) atoms. The molecule has 1 amide bonds. The number of carboxylic acids is 1. The summed E-state index contributed by atoms with van der Waals surface area (Å²) in [5, 5.41) is 8.48. The molecule has 0 fully saturated rings. The molecule has 0 spiro atoms. The van der Waals surface area contributed by atoms with E-state index in [0.717, 1.165) is 6.42 Å². The number of nitrogens with two attached hydrogens (primary N) is 4. The number of carboxylic acid groups (broad SMARTS) is 1. The Bertz CT molecular complexity index is 343. The van der Waals surface area contributed by atoms with Gasteiger partial charge in [-0.05, 0) is 18.8 Å². The van der Waals surface area contributed by atoms with E-state index in [0.29, 0.717) is 25.3 Å². The molecule has 0 saturated heterocycles. The number of carbonyl (C=O) groups excluding carboxylic acids is 1. The van der Waals surface area contributed by atoms with Crippen LogP contribution in [0.25, 0.3) is 0 Å². The Morgan fingerprint density at radius 1 is 1.19 bits per heavy atom. The molecule has 8 nitrogen and oxygen atoms in total. The summed E-state index contributed by atoms with van der Waals surface area (Å²) in [6.07, 6.45) is 2.10. The Hall–Kier alpha value is -1.83. The van der Waals surface area contributed by atoms with Crippen LogP contribution in [0.5, 0.6) is 0 Å². The summed E-state index contributed by atoms with van der Waals surface area (Å²) in [5.41, 5.74) is 20.4. The molecule has 0 bridgehead atoms. The summed E-state index contributed by atoms with van der Waals surface area (Å²) < 4.78 is 0. The molecule has 2 unspecified atom stereocenters. The zero-order valence-electron chi connectivity index (χ0n) is 13.1. The first-order valence-electron chi connectivity index (χ1n) is 6.96. The van der Waals surface area contributed by atoms with E-state index in [1.807, 2.05) is 13.8 Å². The maximum atomic E-state index is 10.4. The van der Waals surface area contributed by atoms with Crippen molar-refractivity contribution in [3.63, 3.8) is 0 Å². The highest BCUT2D eigenvalue weighted by molar-refractivity contribution is 5.79. The highest BCUT2D eigenvalue weighted by Crippen LogP contribution is 2.13. The molecular formula is C13H29N5O3. The highest BCUT2D eigenvalue weighted by atomic mass is 16.4. The van der Waals surface area contributed by atoms with Crippen molar-refractivity contribution in [2.24, 2.45) is 39.8 Å². The van der Waals surface area contributed by atoms with E-state index in [1.54, 1.807) is 6.92 Å². The Labute approximate surface area is 125 Å². The smallest absolute Gasteiger partial charge is 0.306 e. The molecule has 124 valence electrons. The number of amides is 1. The average Bonchev–Trinajstić information content (AvgIpc) is 2.41. The van der Waals surface area contributed by atoms with Gasteiger partial charge in [0.05, 0.1) is 12.0 Å². The van der Waals surface area contributed by atoms with Crippen LogP contribution in [0.4, 0.5) is 0 Å². The van der Waals surface area contributed by atoms with Gasteiger partial charge in [0.25, 0.3) is 0 Å². The van der Waals surface area contributed by atoms with Gasteiger partial charge in [-0.25, -0.2) is 0 Å². The number of carbonyl (C=O) groups is 2. The third kappa shape index (κ3) is 12.9. The topological polar surface area (TPSA) is 171 Å². The van der Waals surface area contributed by atoms with Gasteiger partial charge in [-0.15, -0.1) is 0 Å². The third-order valence-electron chi connectivity index (χ3n) is 3.22. The zero-order valence-corrected chi connectivity index (χ0v) is 13.1. The fourth-order valence-corrected chi connectivity index (χ4v) is 1.26. The molecule has 9 N–H and O–H groups in total. The first kappa shape index (κ1) is 21.5. The van der Waals surface area contributed by atoms with Crippen LogP contribution >= 0.6 is 0 Å². The van der Waals surface area contributed by atoms with Crippen molar-refractivity contribution in [1.82, 2.24) is 0 Å². The first-order valence-corrected chi connectivity index (χ1v) is 6.96. The molecule has 0 rings (SSSR count). The Kier molecular flexibility index (Phi) is 12.2. The van der Waals surface area contributed by atoms with Gasteiger partial charge in [0.1, 0.15) is 0 Å². The lowest BCUT2D eigenvalue weighted by Gasteiger charge is -2.11. The monoisotopic (exact) mass is 303 g/mol. The van der Waals surface area contributed by atoms with Crippen LogP contribution in [0.1, 0.15) is 40.0 Å². The van der Waals surface area contributed by atoms with Gasteiger partial charge in [-0.2, -0.15) is 0 Å². The van der Waals surface area contributed by atoms with Gasteiger partial charge in [-0.1, -0.05) is 27.2 Å². The van der Waals surface area contributed by atoms with E-state index >= 15 is 0 Å². The number of rotatable bonds is 8. The summed E-state index contributed by atoms with van der Waals surface area (Å²) in [4.78, 5) is 24.5. The maximum absolute atomic E-state index is 10.4. The van der Waals surface area contributed by atoms with Crippen molar-refractivity contribution >= 4 is 17.8 Å². The molecule has 0 aromatic rings. The second-order valence-corrected chi connectivity index (χ2v) is 4.97. The van der Waals surface area contributed by atoms with Crippen molar-refractivity contribution in [2.45, 2.75) is 46.1 Å². The highest BCUT2D eigenvalue weighted by Gasteiger charge is 2.16. The van der Waals surface area contributed by atoms with E-state index in [9.17, 15) is 9.59 Å². The normalized spacial score (nSPS) is 14.1. The first-order chi connectivity index (χ1) is 9.63. The Morgan fingerprint density at radius 3 is 2.00 bits per heavy atom. The van der Waals surface area contributed by atoms with Crippen molar-refractivity contribution in [3.8, 4) is 0 Å². The molecule has 0 aliphatic rings. The fourth-order valence-electron chi connectivity index (χ4n) is 1.26. The Morgan fingerprint density at radius 2 is 1.71 bits per heavy atom. The number of primary amides is 1. The van der Waals surface area contributed by atoms with Crippen LogP contribution in [0.2, 0.25) is 0 Å². The van der Waals surface area contributed by atoms with Crippen molar-refractivity contribution < 1.29 is 14.7 Å². The van der Waals surface area contributed by atoms with Gasteiger partial charge >= 0.3 is 5.97 Å². The van der Waals surface area contributed by atoms with E-state index in [4.69, 9.17) is 28.0 Å². The number of hydrogen-bond acceptors (Lipinski definition) is 4. The maximum Gasteiger partial charge on any atom is 0.306 e. The van der Waals surface area contributed by atoms with E-state index in [-0.39, 0.29) is 11.9 Å². The van der Waals surface area contributed by atoms with E-state index in [2.05, 4.69) is 4.99 Å². The van der Waals surface area contributed by atoms with Crippen LogP contribution in [-0.2, 0) is 9.59 Å². The number of aliphatic carboxylic acids is 1. The fraction of sp³-hybridized carbons (Fsp3) is 0.769. The molecule has 0 aliphatic carbocycles. The number of aliphatic imine (C=N–C) groups is 1. The Balaban J connectivity index is 0. The molecule has 3 atom stereocenters. The van der Waals surface area contributed by atoms with Gasteiger partial charge < -0.3 is 28.0 Å². The minimum Gasteiger partial charge on any atom is -0.481 e. The summed E-state index contributed by atoms with van der Waals surface area (Å²) in [5.74, 6) is -1.05. The molecule has 0 saturated carbocycles.